The maximum absolute atomic E-state index is 12.7. The number of rotatable bonds is 9. The summed E-state index contributed by atoms with van der Waals surface area (Å²) in [5.41, 5.74) is 4.41. The van der Waals surface area contributed by atoms with Gasteiger partial charge in [-0.15, -0.1) is 0 Å². The minimum Gasteiger partial charge on any atom is -0.485 e. The van der Waals surface area contributed by atoms with Crippen LogP contribution in [0.15, 0.2) is 109 Å². The molecule has 1 amide bonds. The van der Waals surface area contributed by atoms with Gasteiger partial charge in [0.2, 0.25) is 0 Å². The molecule has 0 fully saturated rings. The Labute approximate surface area is 211 Å². The van der Waals surface area contributed by atoms with Crippen LogP contribution in [0.2, 0.25) is 0 Å². The molecule has 178 valence electrons. The van der Waals surface area contributed by atoms with Gasteiger partial charge in [-0.1, -0.05) is 84.4 Å². The van der Waals surface area contributed by atoms with Crippen LogP contribution in [-0.2, 0) is 18.0 Å². The number of nitriles is 1. The van der Waals surface area contributed by atoms with E-state index in [2.05, 4.69) is 5.32 Å². The monoisotopic (exact) mass is 474 g/mol. The van der Waals surface area contributed by atoms with Gasteiger partial charge < -0.3 is 14.8 Å². The summed E-state index contributed by atoms with van der Waals surface area (Å²) in [4.78, 5) is 12.7. The Balaban J connectivity index is 1.55. The summed E-state index contributed by atoms with van der Waals surface area (Å²) < 4.78 is 12.1. The molecule has 1 N–H and O–H groups in total. The van der Waals surface area contributed by atoms with E-state index in [1.165, 1.54) is 0 Å². The van der Waals surface area contributed by atoms with Gasteiger partial charge in [-0.05, 0) is 54.0 Å². The number of carbonyl (C=O) groups is 1. The highest BCUT2D eigenvalue weighted by molar-refractivity contribution is 6.09. The average Bonchev–Trinajstić information content (AvgIpc) is 2.92. The number of nitrogens with zero attached hydrogens (tertiary/aromatic N) is 1. The second-order valence-corrected chi connectivity index (χ2v) is 8.24. The topological polar surface area (TPSA) is 71.4 Å². The Morgan fingerprint density at radius 1 is 0.806 bits per heavy atom. The lowest BCUT2D eigenvalue weighted by Gasteiger charge is -2.14. The second kappa shape index (κ2) is 12.0. The first-order valence-electron chi connectivity index (χ1n) is 11.6. The fourth-order valence-corrected chi connectivity index (χ4v) is 3.47. The van der Waals surface area contributed by atoms with Gasteiger partial charge in [0.15, 0.2) is 11.5 Å². The summed E-state index contributed by atoms with van der Waals surface area (Å²) in [6, 6.07) is 34.5. The molecule has 0 aliphatic rings. The van der Waals surface area contributed by atoms with Crippen LogP contribution in [0.3, 0.4) is 0 Å². The van der Waals surface area contributed by atoms with E-state index in [0.29, 0.717) is 36.0 Å². The molecule has 0 aliphatic heterocycles. The van der Waals surface area contributed by atoms with Crippen LogP contribution in [0.4, 0.5) is 5.69 Å². The summed E-state index contributed by atoms with van der Waals surface area (Å²) in [5, 5.41) is 12.4. The molecule has 0 unspecified atom stereocenters. The van der Waals surface area contributed by atoms with Crippen LogP contribution in [0.1, 0.15) is 22.3 Å². The third kappa shape index (κ3) is 6.85. The minimum atomic E-state index is -0.475. The number of aryl methyl sites for hydroxylation is 1. The van der Waals surface area contributed by atoms with Gasteiger partial charge >= 0.3 is 0 Å². The summed E-state index contributed by atoms with van der Waals surface area (Å²) in [6.07, 6.45) is 1.54. The molecule has 36 heavy (non-hydrogen) atoms. The van der Waals surface area contributed by atoms with Crippen LogP contribution in [0.25, 0.3) is 6.08 Å². The first kappa shape index (κ1) is 24.3. The highest BCUT2D eigenvalue weighted by Gasteiger charge is 2.12. The predicted molar refractivity (Wildman–Crippen MR) is 141 cm³/mol. The van der Waals surface area contributed by atoms with Gasteiger partial charge in [0.25, 0.3) is 5.91 Å². The lowest BCUT2D eigenvalue weighted by atomic mass is 10.1. The molecule has 4 aromatic carbocycles. The first-order chi connectivity index (χ1) is 17.6. The molecule has 0 saturated heterocycles. The lowest BCUT2D eigenvalue weighted by molar-refractivity contribution is -0.112. The van der Waals surface area contributed by atoms with Gasteiger partial charge in [0.1, 0.15) is 24.9 Å². The van der Waals surface area contributed by atoms with Crippen LogP contribution in [0, 0.1) is 18.3 Å². The molecule has 4 aromatic rings. The van der Waals surface area contributed by atoms with Crippen molar-refractivity contribution in [1.82, 2.24) is 0 Å². The molecule has 0 saturated carbocycles. The molecular formula is C31H26N2O3. The number of benzene rings is 4. The molecule has 0 bridgehead atoms. The van der Waals surface area contributed by atoms with Crippen LogP contribution < -0.4 is 14.8 Å². The highest BCUT2D eigenvalue weighted by Crippen LogP contribution is 2.31. The zero-order chi connectivity index (χ0) is 25.2. The van der Waals surface area contributed by atoms with Crippen molar-refractivity contribution in [3.8, 4) is 17.6 Å². The van der Waals surface area contributed by atoms with Crippen LogP contribution in [0.5, 0.6) is 11.5 Å². The minimum absolute atomic E-state index is 0.0115. The normalized spacial score (nSPS) is 10.8. The molecule has 0 radical (unpaired) electrons. The van der Waals surface area contributed by atoms with E-state index >= 15 is 0 Å². The fourth-order valence-electron chi connectivity index (χ4n) is 3.47. The Kier molecular flexibility index (Phi) is 8.14. The summed E-state index contributed by atoms with van der Waals surface area (Å²) >= 11 is 0. The van der Waals surface area contributed by atoms with Crippen molar-refractivity contribution >= 4 is 17.7 Å². The van der Waals surface area contributed by atoms with Crippen molar-refractivity contribution in [2.24, 2.45) is 0 Å². The molecule has 0 aliphatic carbocycles. The van der Waals surface area contributed by atoms with Crippen molar-refractivity contribution in [1.29, 1.82) is 5.26 Å². The van der Waals surface area contributed by atoms with E-state index in [9.17, 15) is 10.1 Å². The molecule has 0 heterocycles. The van der Waals surface area contributed by atoms with Crippen molar-refractivity contribution in [3.05, 3.63) is 131 Å². The van der Waals surface area contributed by atoms with Gasteiger partial charge in [0, 0.05) is 5.69 Å². The van der Waals surface area contributed by atoms with E-state index < -0.39 is 5.91 Å². The number of nitrogens with one attached hydrogen (secondary N) is 1. The third-order valence-corrected chi connectivity index (χ3v) is 5.43. The highest BCUT2D eigenvalue weighted by atomic mass is 16.5. The Bertz CT molecular complexity index is 1370. The molecule has 0 spiro atoms. The number of amides is 1. The molecule has 0 atom stereocenters. The molecular weight excluding hydrogens is 448 g/mol. The largest absolute Gasteiger partial charge is 0.485 e. The van der Waals surface area contributed by atoms with Crippen molar-refractivity contribution in [3.63, 3.8) is 0 Å². The summed E-state index contributed by atoms with van der Waals surface area (Å²) in [6.45, 7) is 2.71. The Morgan fingerprint density at radius 3 is 1.97 bits per heavy atom. The maximum Gasteiger partial charge on any atom is 0.266 e. The lowest BCUT2D eigenvalue weighted by Crippen LogP contribution is -2.13. The number of hydrogen-bond donors (Lipinski definition) is 1. The van der Waals surface area contributed by atoms with Gasteiger partial charge in [-0.25, -0.2) is 0 Å². The van der Waals surface area contributed by atoms with E-state index in [0.717, 1.165) is 16.7 Å². The fraction of sp³-hybridized carbons (Fsp3) is 0.0968. The van der Waals surface area contributed by atoms with Gasteiger partial charge in [0.05, 0.1) is 0 Å². The molecule has 4 rings (SSSR count). The third-order valence-electron chi connectivity index (χ3n) is 5.43. The number of anilines is 1. The zero-order valence-corrected chi connectivity index (χ0v) is 20.0. The molecule has 5 nitrogen and oxygen atoms in total. The average molecular weight is 475 g/mol. The van der Waals surface area contributed by atoms with Crippen LogP contribution in [-0.4, -0.2) is 5.91 Å². The molecule has 5 heteroatoms. The maximum atomic E-state index is 12.7. The van der Waals surface area contributed by atoms with Gasteiger partial charge in [-0.3, -0.25) is 4.79 Å². The number of ether oxygens (including phenoxy) is 2. The molecule has 0 aromatic heterocycles. The van der Waals surface area contributed by atoms with E-state index in [1.54, 1.807) is 36.4 Å². The van der Waals surface area contributed by atoms with E-state index in [4.69, 9.17) is 9.47 Å². The van der Waals surface area contributed by atoms with E-state index in [1.807, 2.05) is 85.8 Å². The smallest absolute Gasteiger partial charge is 0.266 e. The second-order valence-electron chi connectivity index (χ2n) is 8.24. The number of hydrogen-bond acceptors (Lipinski definition) is 4. The van der Waals surface area contributed by atoms with Crippen molar-refractivity contribution < 1.29 is 14.3 Å². The summed E-state index contributed by atoms with van der Waals surface area (Å²) in [7, 11) is 0. The Hall–Kier alpha value is -4.82. The zero-order valence-electron chi connectivity index (χ0n) is 20.0. The number of carbonyl (C=O) groups excluding carboxylic acids is 1. The quantitative estimate of drug-likeness (QED) is 0.216. The standard InChI is InChI=1S/C31H26N2O3/c1-23-12-15-28(16-13-23)33-31(34)27(20-32)18-26-14-17-29(35-21-24-8-4-2-5-9-24)30(19-26)36-22-25-10-6-3-7-11-25/h2-19H,21-22H2,1H3,(H,33,34)/b27-18-. The summed E-state index contributed by atoms with van der Waals surface area (Å²) in [5.74, 6) is 0.631. The van der Waals surface area contributed by atoms with Crippen molar-refractivity contribution in [2.75, 3.05) is 5.32 Å². The van der Waals surface area contributed by atoms with Gasteiger partial charge in [-0.2, -0.15) is 5.26 Å². The first-order valence-corrected chi connectivity index (χ1v) is 11.6. The van der Waals surface area contributed by atoms with E-state index in [-0.39, 0.29) is 5.57 Å². The Morgan fingerprint density at radius 2 is 1.39 bits per heavy atom. The van der Waals surface area contributed by atoms with Crippen molar-refractivity contribution in [2.45, 2.75) is 20.1 Å². The van der Waals surface area contributed by atoms with Crippen LogP contribution >= 0.6 is 0 Å². The predicted octanol–water partition coefficient (Wildman–Crippen LogP) is 6.70. The SMILES string of the molecule is Cc1ccc(NC(=O)/C(C#N)=C\c2ccc(OCc3ccccc3)c(OCc3ccccc3)c2)cc1.